The molecule has 112 valence electrons. The van der Waals surface area contributed by atoms with Gasteiger partial charge in [0.05, 0.1) is 4.47 Å². The molecule has 0 heterocycles. The standard InChI is InChI=1S/C17H25BrFN/c1-12(2)11-17(7-3-4-8-17)16(20)10-13-5-6-15(19)14(18)9-13/h5-6,9,12,16H,3-4,7-8,10-11,20H2,1-2H3. The quantitative estimate of drug-likeness (QED) is 0.795. The molecule has 1 saturated carbocycles. The monoisotopic (exact) mass is 341 g/mol. The fourth-order valence-corrected chi connectivity index (χ4v) is 4.18. The maximum absolute atomic E-state index is 13.3. The second-order valence-electron chi connectivity index (χ2n) is 6.73. The van der Waals surface area contributed by atoms with Crippen LogP contribution in [0.25, 0.3) is 0 Å². The molecule has 1 fully saturated rings. The van der Waals surface area contributed by atoms with Crippen molar-refractivity contribution in [3.05, 3.63) is 34.1 Å². The van der Waals surface area contributed by atoms with Crippen molar-refractivity contribution in [2.45, 2.75) is 58.4 Å². The van der Waals surface area contributed by atoms with Crippen molar-refractivity contribution in [3.8, 4) is 0 Å². The summed E-state index contributed by atoms with van der Waals surface area (Å²) in [5.74, 6) is 0.471. The second-order valence-corrected chi connectivity index (χ2v) is 7.58. The van der Waals surface area contributed by atoms with E-state index in [1.807, 2.05) is 12.1 Å². The summed E-state index contributed by atoms with van der Waals surface area (Å²) in [5.41, 5.74) is 7.99. The third-order valence-electron chi connectivity index (χ3n) is 4.64. The molecule has 0 radical (unpaired) electrons. The Hall–Kier alpha value is -0.410. The first-order valence-electron chi connectivity index (χ1n) is 7.62. The van der Waals surface area contributed by atoms with Gasteiger partial charge < -0.3 is 5.73 Å². The Morgan fingerprint density at radius 2 is 1.95 bits per heavy atom. The SMILES string of the molecule is CC(C)CC1(C(N)Cc2ccc(F)c(Br)c2)CCCC1. The molecule has 0 bridgehead atoms. The molecule has 0 aromatic heterocycles. The Kier molecular flexibility index (Phi) is 5.25. The first-order chi connectivity index (χ1) is 9.43. The molecule has 3 heteroatoms. The van der Waals surface area contributed by atoms with Gasteiger partial charge in [0.25, 0.3) is 0 Å². The highest BCUT2D eigenvalue weighted by molar-refractivity contribution is 9.10. The van der Waals surface area contributed by atoms with Crippen LogP contribution < -0.4 is 5.73 Å². The molecule has 2 rings (SSSR count). The molecule has 1 unspecified atom stereocenters. The lowest BCUT2D eigenvalue weighted by molar-refractivity contribution is 0.181. The zero-order chi connectivity index (χ0) is 14.8. The maximum atomic E-state index is 13.3. The van der Waals surface area contributed by atoms with E-state index in [9.17, 15) is 4.39 Å². The van der Waals surface area contributed by atoms with Crippen LogP contribution in [0.1, 0.15) is 51.5 Å². The van der Waals surface area contributed by atoms with Crippen molar-refractivity contribution >= 4 is 15.9 Å². The fourth-order valence-electron chi connectivity index (χ4n) is 3.76. The molecular formula is C17H25BrFN. The largest absolute Gasteiger partial charge is 0.327 e. The zero-order valence-electron chi connectivity index (χ0n) is 12.5. The van der Waals surface area contributed by atoms with Gasteiger partial charge in [0.2, 0.25) is 0 Å². The van der Waals surface area contributed by atoms with Gasteiger partial charge in [0.1, 0.15) is 5.82 Å². The number of nitrogens with two attached hydrogens (primary N) is 1. The number of halogens is 2. The highest BCUT2D eigenvalue weighted by Gasteiger charge is 2.39. The van der Waals surface area contributed by atoms with Crippen molar-refractivity contribution in [2.75, 3.05) is 0 Å². The minimum atomic E-state index is -0.208. The summed E-state index contributed by atoms with van der Waals surface area (Å²) in [6, 6.07) is 5.42. The number of rotatable bonds is 5. The van der Waals surface area contributed by atoms with Crippen LogP contribution in [0.5, 0.6) is 0 Å². The van der Waals surface area contributed by atoms with Crippen LogP contribution >= 0.6 is 15.9 Å². The molecule has 1 atom stereocenters. The van der Waals surface area contributed by atoms with E-state index in [2.05, 4.69) is 29.8 Å². The summed E-state index contributed by atoms with van der Waals surface area (Å²) >= 11 is 3.26. The van der Waals surface area contributed by atoms with Gasteiger partial charge in [-0.3, -0.25) is 0 Å². The highest BCUT2D eigenvalue weighted by atomic mass is 79.9. The fraction of sp³-hybridized carbons (Fsp3) is 0.647. The van der Waals surface area contributed by atoms with Crippen molar-refractivity contribution in [3.63, 3.8) is 0 Å². The Labute approximate surface area is 130 Å². The molecule has 1 nitrogen and oxygen atoms in total. The second kappa shape index (κ2) is 6.57. The topological polar surface area (TPSA) is 26.0 Å². The van der Waals surface area contributed by atoms with Gasteiger partial charge in [-0.25, -0.2) is 4.39 Å². The minimum Gasteiger partial charge on any atom is -0.327 e. The first kappa shape index (κ1) is 16.0. The molecule has 0 amide bonds. The van der Waals surface area contributed by atoms with Crippen molar-refractivity contribution in [1.29, 1.82) is 0 Å². The smallest absolute Gasteiger partial charge is 0.137 e. The average Bonchev–Trinajstić information content (AvgIpc) is 2.83. The summed E-state index contributed by atoms with van der Waals surface area (Å²) in [4.78, 5) is 0. The Balaban J connectivity index is 2.12. The number of benzene rings is 1. The number of hydrogen-bond acceptors (Lipinski definition) is 1. The molecule has 1 aliphatic carbocycles. The third kappa shape index (κ3) is 3.62. The molecule has 1 aromatic rings. The predicted octanol–water partition coefficient (Wildman–Crippen LogP) is 5.06. The summed E-state index contributed by atoms with van der Waals surface area (Å²) in [5, 5.41) is 0. The minimum absolute atomic E-state index is 0.171. The summed E-state index contributed by atoms with van der Waals surface area (Å²) in [7, 11) is 0. The van der Waals surface area contributed by atoms with Crippen LogP contribution in [0, 0.1) is 17.2 Å². The van der Waals surface area contributed by atoms with E-state index in [1.165, 1.54) is 38.2 Å². The van der Waals surface area contributed by atoms with Gasteiger partial charge in [-0.2, -0.15) is 0 Å². The van der Waals surface area contributed by atoms with Gasteiger partial charge in [-0.05, 0) is 70.6 Å². The summed E-state index contributed by atoms with van der Waals surface area (Å²) in [6.45, 7) is 4.56. The van der Waals surface area contributed by atoms with Gasteiger partial charge in [-0.15, -0.1) is 0 Å². The Bertz CT molecular complexity index is 452. The van der Waals surface area contributed by atoms with Gasteiger partial charge >= 0.3 is 0 Å². The van der Waals surface area contributed by atoms with E-state index in [0.717, 1.165) is 12.0 Å². The summed E-state index contributed by atoms with van der Waals surface area (Å²) in [6.07, 6.45) is 7.13. The molecule has 0 spiro atoms. The van der Waals surface area contributed by atoms with Gasteiger partial charge in [0, 0.05) is 6.04 Å². The highest BCUT2D eigenvalue weighted by Crippen LogP contribution is 2.46. The summed E-state index contributed by atoms with van der Waals surface area (Å²) < 4.78 is 13.8. The molecule has 0 saturated heterocycles. The molecule has 0 aliphatic heterocycles. The van der Waals surface area contributed by atoms with E-state index >= 15 is 0 Å². The van der Waals surface area contributed by atoms with Crippen LogP contribution in [0.4, 0.5) is 4.39 Å². The van der Waals surface area contributed by atoms with E-state index in [-0.39, 0.29) is 17.3 Å². The molecule has 2 N–H and O–H groups in total. The normalized spacial score (nSPS) is 19.5. The third-order valence-corrected chi connectivity index (χ3v) is 5.25. The van der Waals surface area contributed by atoms with E-state index in [1.54, 1.807) is 0 Å². The van der Waals surface area contributed by atoms with Crippen molar-refractivity contribution in [1.82, 2.24) is 0 Å². The van der Waals surface area contributed by atoms with E-state index < -0.39 is 0 Å². The lowest BCUT2D eigenvalue weighted by atomic mass is 9.71. The number of hydrogen-bond donors (Lipinski definition) is 1. The molecule has 20 heavy (non-hydrogen) atoms. The van der Waals surface area contributed by atoms with Crippen LogP contribution in [-0.2, 0) is 6.42 Å². The maximum Gasteiger partial charge on any atom is 0.137 e. The first-order valence-corrected chi connectivity index (χ1v) is 8.42. The zero-order valence-corrected chi connectivity index (χ0v) is 14.0. The van der Waals surface area contributed by atoms with Crippen molar-refractivity contribution in [2.24, 2.45) is 17.1 Å². The molecule has 1 aromatic carbocycles. The van der Waals surface area contributed by atoms with E-state index in [0.29, 0.717) is 10.4 Å². The average molecular weight is 342 g/mol. The van der Waals surface area contributed by atoms with Crippen LogP contribution in [0.15, 0.2) is 22.7 Å². The van der Waals surface area contributed by atoms with Crippen LogP contribution in [0.3, 0.4) is 0 Å². The van der Waals surface area contributed by atoms with Gasteiger partial charge in [-0.1, -0.05) is 32.8 Å². The molecule has 1 aliphatic rings. The Morgan fingerprint density at radius 1 is 1.30 bits per heavy atom. The van der Waals surface area contributed by atoms with Gasteiger partial charge in [0.15, 0.2) is 0 Å². The molecular weight excluding hydrogens is 317 g/mol. The lowest BCUT2D eigenvalue weighted by Gasteiger charge is -2.37. The van der Waals surface area contributed by atoms with Crippen LogP contribution in [-0.4, -0.2) is 6.04 Å². The predicted molar refractivity (Wildman–Crippen MR) is 86.1 cm³/mol. The lowest BCUT2D eigenvalue weighted by Crippen LogP contribution is -2.42. The van der Waals surface area contributed by atoms with Crippen LogP contribution in [0.2, 0.25) is 0 Å². The Morgan fingerprint density at radius 3 is 2.50 bits per heavy atom. The van der Waals surface area contributed by atoms with E-state index in [4.69, 9.17) is 5.73 Å². The van der Waals surface area contributed by atoms with Crippen molar-refractivity contribution < 1.29 is 4.39 Å².